The van der Waals surface area contributed by atoms with Gasteiger partial charge in [-0.3, -0.25) is 43.1 Å². The number of carbonyl (C=O) groups excluding carboxylic acids is 5. The van der Waals surface area contributed by atoms with Crippen LogP contribution >= 0.6 is 35.3 Å². The van der Waals surface area contributed by atoms with Crippen molar-refractivity contribution in [3.63, 3.8) is 0 Å². The zero-order valence-electron chi connectivity index (χ0n) is 25.8. The molecule has 5 rings (SSSR count). The first-order valence-electron chi connectivity index (χ1n) is 14.4. The normalized spacial score (nSPS) is 21.4. The van der Waals surface area contributed by atoms with Crippen molar-refractivity contribution in [1.29, 1.82) is 0 Å². The molecule has 6 amide bonds. The zero-order valence-corrected chi connectivity index (χ0v) is 28.2. The van der Waals surface area contributed by atoms with E-state index in [1.165, 1.54) is 23.7 Å². The summed E-state index contributed by atoms with van der Waals surface area (Å²) in [4.78, 5) is 104. The van der Waals surface area contributed by atoms with Crippen molar-refractivity contribution < 1.29 is 33.9 Å². The molecule has 3 aliphatic rings. The Morgan fingerprint density at radius 3 is 2.48 bits per heavy atom. The monoisotopic (exact) mass is 718 g/mol. The molecule has 2 aromatic rings. The summed E-state index contributed by atoms with van der Waals surface area (Å²) in [7, 11) is 1.36. The Morgan fingerprint density at radius 2 is 1.83 bits per heavy atom. The highest BCUT2D eigenvalue weighted by Crippen LogP contribution is 2.51. The van der Waals surface area contributed by atoms with Crippen molar-refractivity contribution >= 4 is 70.9 Å². The second-order valence-electron chi connectivity index (χ2n) is 10.6. The lowest BCUT2D eigenvalue weighted by atomic mass is 10.00. The molecule has 254 valence electrons. The standard InChI is InChI=1S/C28H30N8O9S3/c1-4-34-10-11-35(22(41)21(34)40)26(45)29-16(14-8-6-5-7-9-14)18(37)30-28(46-3)24(44)36-17(23(42)43)15(12-47-25(28)36)13-48-27-32-31-19(38)20(39)33(27)2/h5-9,16,25H,4,10-13H2,1-3H3,(H,29,45)(H,30,37)(H,31,38)(H,42,43)/t16?,25-,28+/m1/s1. The number of aromatic amines is 1. The molecule has 4 N–H and O–H groups in total. The van der Waals surface area contributed by atoms with Crippen LogP contribution in [0.1, 0.15) is 18.5 Å². The van der Waals surface area contributed by atoms with E-state index in [1.807, 2.05) is 0 Å². The Labute approximate surface area is 284 Å². The smallest absolute Gasteiger partial charge is 0.352 e. The van der Waals surface area contributed by atoms with Gasteiger partial charge in [-0.05, 0) is 24.3 Å². The summed E-state index contributed by atoms with van der Waals surface area (Å²) >= 11 is 3.22. The van der Waals surface area contributed by atoms with Crippen molar-refractivity contribution in [3.05, 3.63) is 67.9 Å². The predicted molar refractivity (Wildman–Crippen MR) is 175 cm³/mol. The van der Waals surface area contributed by atoms with Crippen LogP contribution in [0.15, 0.2) is 56.3 Å². The number of urea groups is 1. The number of nitrogens with zero attached hydrogens (tertiary/aromatic N) is 5. The minimum Gasteiger partial charge on any atom is -0.477 e. The number of carboxylic acid groups (broad SMARTS) is 1. The Kier molecular flexibility index (Phi) is 10.1. The number of imide groups is 1. The largest absolute Gasteiger partial charge is 0.477 e. The molecule has 1 unspecified atom stereocenters. The summed E-state index contributed by atoms with van der Waals surface area (Å²) in [5.41, 5.74) is -1.31. The number of benzene rings is 1. The molecule has 2 saturated heterocycles. The van der Waals surface area contributed by atoms with Crippen LogP contribution in [0.3, 0.4) is 0 Å². The van der Waals surface area contributed by atoms with Crippen LogP contribution < -0.4 is 21.8 Å². The van der Waals surface area contributed by atoms with Crippen molar-refractivity contribution in [2.75, 3.05) is 37.4 Å². The second kappa shape index (κ2) is 13.9. The van der Waals surface area contributed by atoms with Crippen LogP contribution in [0.25, 0.3) is 0 Å². The molecule has 1 aromatic carbocycles. The van der Waals surface area contributed by atoms with Gasteiger partial charge < -0.3 is 20.6 Å². The summed E-state index contributed by atoms with van der Waals surface area (Å²) in [6.45, 7) is 2.06. The average molecular weight is 719 g/mol. The number of thioether (sulfide) groups is 3. The quantitative estimate of drug-likeness (QED) is 0.102. The van der Waals surface area contributed by atoms with Gasteiger partial charge in [0.25, 0.3) is 5.91 Å². The van der Waals surface area contributed by atoms with Crippen molar-refractivity contribution in [3.8, 4) is 0 Å². The molecular formula is C28H30N8O9S3. The maximum absolute atomic E-state index is 13.9. The minimum atomic E-state index is -1.61. The zero-order chi connectivity index (χ0) is 34.9. The fourth-order valence-corrected chi connectivity index (χ4v) is 9.04. The van der Waals surface area contributed by atoms with E-state index in [0.29, 0.717) is 17.7 Å². The number of aliphatic carboxylic acids is 1. The Balaban J connectivity index is 1.37. The third kappa shape index (κ3) is 6.10. The van der Waals surface area contributed by atoms with Gasteiger partial charge in [0, 0.05) is 38.2 Å². The van der Waals surface area contributed by atoms with Gasteiger partial charge in [-0.2, -0.15) is 0 Å². The Bertz CT molecular complexity index is 1850. The van der Waals surface area contributed by atoms with Crippen LogP contribution in [-0.4, -0.2) is 118 Å². The number of piperazine rings is 1. The van der Waals surface area contributed by atoms with Crippen LogP contribution in [0.5, 0.6) is 0 Å². The SMILES string of the molecule is CCN1CCN(C(=O)NC(C(=O)N[C@]2(SC)C(=O)N3C(C(=O)O)=C(CSc4n[nH]c(=O)c(=O)n4C)CS[C@@H]32)c2ccccc2)C(=O)C1=O. The number of H-pyrrole nitrogens is 1. The van der Waals surface area contributed by atoms with Gasteiger partial charge in [-0.1, -0.05) is 42.1 Å². The number of fused-ring (bicyclic) bond motifs is 1. The maximum atomic E-state index is 13.9. The first-order chi connectivity index (χ1) is 22.9. The van der Waals surface area contributed by atoms with Gasteiger partial charge in [0.15, 0.2) is 10.0 Å². The van der Waals surface area contributed by atoms with E-state index in [-0.39, 0.29) is 35.4 Å². The number of hydrogen-bond donors (Lipinski definition) is 4. The van der Waals surface area contributed by atoms with E-state index in [4.69, 9.17) is 0 Å². The number of rotatable bonds is 10. The van der Waals surface area contributed by atoms with Gasteiger partial charge in [-0.25, -0.2) is 14.7 Å². The van der Waals surface area contributed by atoms with Crippen LogP contribution in [0.2, 0.25) is 0 Å². The summed E-state index contributed by atoms with van der Waals surface area (Å²) in [6, 6.07) is 5.77. The Morgan fingerprint density at radius 1 is 1.12 bits per heavy atom. The van der Waals surface area contributed by atoms with Crippen molar-refractivity contribution in [1.82, 2.24) is 40.1 Å². The number of hydrogen-bond acceptors (Lipinski definition) is 12. The number of carbonyl (C=O) groups is 6. The fraction of sp³-hybridized carbons (Fsp3) is 0.393. The molecule has 17 nitrogen and oxygen atoms in total. The minimum absolute atomic E-state index is 0.0337. The van der Waals surface area contributed by atoms with Crippen LogP contribution in [-0.2, 0) is 31.0 Å². The molecule has 0 spiro atoms. The summed E-state index contributed by atoms with van der Waals surface area (Å²) in [5, 5.41) is 20.6. The molecule has 0 bridgehead atoms. The van der Waals surface area contributed by atoms with E-state index in [1.54, 1.807) is 43.5 Å². The van der Waals surface area contributed by atoms with Crippen molar-refractivity contribution in [2.24, 2.45) is 7.05 Å². The predicted octanol–water partition coefficient (Wildman–Crippen LogP) is -0.868. The highest BCUT2D eigenvalue weighted by molar-refractivity contribution is 8.05. The Hall–Kier alpha value is -4.56. The van der Waals surface area contributed by atoms with E-state index in [0.717, 1.165) is 37.9 Å². The van der Waals surface area contributed by atoms with Gasteiger partial charge in [0.05, 0.1) is 0 Å². The fourth-order valence-electron chi connectivity index (χ4n) is 5.37. The van der Waals surface area contributed by atoms with Crippen LogP contribution in [0.4, 0.5) is 4.79 Å². The molecule has 2 fully saturated rings. The molecule has 1 aromatic heterocycles. The molecule has 48 heavy (non-hydrogen) atoms. The summed E-state index contributed by atoms with van der Waals surface area (Å²) < 4.78 is 1.03. The first-order valence-corrected chi connectivity index (χ1v) is 17.6. The lowest BCUT2D eigenvalue weighted by Gasteiger charge is -2.56. The molecule has 3 atom stereocenters. The van der Waals surface area contributed by atoms with E-state index in [2.05, 4.69) is 20.8 Å². The second-order valence-corrected chi connectivity index (χ2v) is 13.7. The number of carboxylic acids is 1. The number of amides is 6. The van der Waals surface area contributed by atoms with E-state index >= 15 is 0 Å². The molecule has 0 radical (unpaired) electrons. The van der Waals surface area contributed by atoms with Gasteiger partial charge >= 0.3 is 34.9 Å². The maximum Gasteiger partial charge on any atom is 0.352 e. The molecule has 0 saturated carbocycles. The molecule has 0 aliphatic carbocycles. The lowest BCUT2D eigenvalue weighted by molar-refractivity contribution is -0.153. The van der Waals surface area contributed by atoms with E-state index < -0.39 is 63.0 Å². The molecular weight excluding hydrogens is 689 g/mol. The highest BCUT2D eigenvalue weighted by atomic mass is 32.2. The highest BCUT2D eigenvalue weighted by Gasteiger charge is 2.65. The number of aromatic nitrogens is 3. The number of likely N-dealkylation sites (N-methyl/N-ethyl adjacent to an activating group) is 1. The lowest BCUT2D eigenvalue weighted by Crippen LogP contribution is -2.78. The number of β-lactam (4-membered cyclic amide) rings is 1. The van der Waals surface area contributed by atoms with Gasteiger partial charge in [0.2, 0.25) is 5.91 Å². The van der Waals surface area contributed by atoms with E-state index in [9.17, 15) is 43.5 Å². The number of nitrogens with one attached hydrogen (secondary N) is 3. The topological polar surface area (TPSA) is 224 Å². The first kappa shape index (κ1) is 34.8. The van der Waals surface area contributed by atoms with Crippen molar-refractivity contribution in [2.45, 2.75) is 28.4 Å². The van der Waals surface area contributed by atoms with Crippen LogP contribution in [0, 0.1) is 0 Å². The van der Waals surface area contributed by atoms with Gasteiger partial charge in [-0.15, -0.1) is 28.6 Å². The third-order valence-corrected chi connectivity index (χ3v) is 11.8. The average Bonchev–Trinajstić information content (AvgIpc) is 3.08. The molecule has 4 heterocycles. The molecule has 3 aliphatic heterocycles. The summed E-state index contributed by atoms with van der Waals surface area (Å²) in [5.74, 6) is -4.55. The third-order valence-electron chi connectivity index (χ3n) is 7.96. The summed E-state index contributed by atoms with van der Waals surface area (Å²) in [6.07, 6.45) is 1.58. The molecule has 20 heteroatoms. The van der Waals surface area contributed by atoms with Gasteiger partial charge in [0.1, 0.15) is 17.1 Å².